The van der Waals surface area contributed by atoms with Crippen LogP contribution in [0.5, 0.6) is 0 Å². The fourth-order valence-corrected chi connectivity index (χ4v) is 3.11. The van der Waals surface area contributed by atoms with Crippen LogP contribution in [-0.4, -0.2) is 9.55 Å². The van der Waals surface area contributed by atoms with E-state index < -0.39 is 0 Å². The highest BCUT2D eigenvalue weighted by atomic mass is 32.1. The van der Waals surface area contributed by atoms with Crippen LogP contribution in [-0.2, 0) is 6.54 Å². The molecule has 2 heterocycles. The van der Waals surface area contributed by atoms with Gasteiger partial charge in [-0.15, -0.1) is 11.3 Å². The zero-order chi connectivity index (χ0) is 14.1. The second-order valence-corrected chi connectivity index (χ2v) is 5.69. The molecule has 0 N–H and O–H groups in total. The summed E-state index contributed by atoms with van der Waals surface area (Å²) in [5.74, 6) is 0. The summed E-state index contributed by atoms with van der Waals surface area (Å²) in [7, 11) is 0. The van der Waals surface area contributed by atoms with E-state index in [1.807, 2.05) is 42.6 Å². The van der Waals surface area contributed by atoms with Crippen LogP contribution in [0.3, 0.4) is 0 Å². The molecule has 2 aromatic heterocycles. The van der Waals surface area contributed by atoms with Crippen molar-refractivity contribution in [3.63, 3.8) is 0 Å². The molecule has 0 spiro atoms. The maximum absolute atomic E-state index is 12.6. The molecule has 0 aliphatic carbocycles. The van der Waals surface area contributed by atoms with Gasteiger partial charge >= 0.3 is 0 Å². The largest absolute Gasteiger partial charge is 0.295 e. The summed E-state index contributed by atoms with van der Waals surface area (Å²) in [4.78, 5) is 17.8. The summed E-state index contributed by atoms with van der Waals surface area (Å²) in [6.45, 7) is 6.27. The van der Waals surface area contributed by atoms with Crippen molar-refractivity contribution in [3.8, 4) is 11.1 Å². The van der Waals surface area contributed by atoms with Crippen LogP contribution in [0.4, 0.5) is 0 Å². The second-order valence-electron chi connectivity index (χ2n) is 4.83. The van der Waals surface area contributed by atoms with Gasteiger partial charge in [-0.1, -0.05) is 42.5 Å². The average molecular weight is 282 g/mol. The fourth-order valence-electron chi connectivity index (χ4n) is 2.20. The number of aromatic nitrogens is 2. The normalized spacial score (nSPS) is 10.8. The van der Waals surface area contributed by atoms with E-state index in [2.05, 4.69) is 11.6 Å². The van der Waals surface area contributed by atoms with Crippen LogP contribution in [0.15, 0.2) is 59.0 Å². The monoisotopic (exact) mass is 282 g/mol. The molecule has 1 aromatic carbocycles. The van der Waals surface area contributed by atoms with Crippen molar-refractivity contribution in [2.75, 3.05) is 0 Å². The molecule has 0 aliphatic rings. The van der Waals surface area contributed by atoms with E-state index in [-0.39, 0.29) is 5.56 Å². The first-order chi connectivity index (χ1) is 9.66. The molecule has 100 valence electrons. The Morgan fingerprint density at radius 1 is 1.35 bits per heavy atom. The maximum atomic E-state index is 12.6. The van der Waals surface area contributed by atoms with Crippen LogP contribution in [0.1, 0.15) is 6.92 Å². The molecule has 0 atom stereocenters. The molecule has 0 unspecified atom stereocenters. The lowest BCUT2D eigenvalue weighted by molar-refractivity contribution is 0.739. The molecule has 0 fully saturated rings. The summed E-state index contributed by atoms with van der Waals surface area (Å²) in [5, 5.41) is 2.70. The lowest BCUT2D eigenvalue weighted by Crippen LogP contribution is -2.20. The van der Waals surface area contributed by atoms with Gasteiger partial charge in [-0.2, -0.15) is 0 Å². The Kier molecular flexibility index (Phi) is 3.24. The molecule has 4 heteroatoms. The molecule has 0 amide bonds. The molecule has 3 nitrogen and oxygen atoms in total. The van der Waals surface area contributed by atoms with Crippen molar-refractivity contribution in [2.45, 2.75) is 13.5 Å². The standard InChI is InChI=1S/C16H14N2OS/c1-11(2)8-18-10-17-15-14(16(18)19)13(9-20-15)12-6-4-3-5-7-12/h3-7,9-10H,1,8H2,2H3. The van der Waals surface area contributed by atoms with E-state index in [1.54, 1.807) is 10.9 Å². The van der Waals surface area contributed by atoms with Crippen molar-refractivity contribution in [1.82, 2.24) is 9.55 Å². The highest BCUT2D eigenvalue weighted by Crippen LogP contribution is 2.30. The highest BCUT2D eigenvalue weighted by Gasteiger charge is 2.12. The molecule has 0 bridgehead atoms. The predicted octanol–water partition coefficient (Wildman–Crippen LogP) is 3.70. The van der Waals surface area contributed by atoms with E-state index in [0.717, 1.165) is 21.5 Å². The van der Waals surface area contributed by atoms with Gasteiger partial charge in [-0.05, 0) is 12.5 Å². The lowest BCUT2D eigenvalue weighted by atomic mass is 10.1. The number of allylic oxidation sites excluding steroid dienone is 1. The molecule has 20 heavy (non-hydrogen) atoms. The molecule has 3 aromatic rings. The van der Waals surface area contributed by atoms with Gasteiger partial charge in [-0.3, -0.25) is 9.36 Å². The summed E-state index contributed by atoms with van der Waals surface area (Å²) >= 11 is 1.50. The molecule has 0 aliphatic heterocycles. The van der Waals surface area contributed by atoms with Gasteiger partial charge in [0.25, 0.3) is 5.56 Å². The zero-order valence-electron chi connectivity index (χ0n) is 11.2. The third-order valence-corrected chi connectivity index (χ3v) is 3.97. The van der Waals surface area contributed by atoms with Gasteiger partial charge in [0.1, 0.15) is 4.83 Å². The molecular weight excluding hydrogens is 268 g/mol. The van der Waals surface area contributed by atoms with Crippen LogP contribution >= 0.6 is 11.3 Å². The Morgan fingerprint density at radius 2 is 2.10 bits per heavy atom. The van der Waals surface area contributed by atoms with E-state index in [0.29, 0.717) is 11.9 Å². The first-order valence-corrected chi connectivity index (χ1v) is 7.21. The van der Waals surface area contributed by atoms with Crippen molar-refractivity contribution >= 4 is 21.6 Å². The number of thiophene rings is 1. The van der Waals surface area contributed by atoms with Gasteiger partial charge in [0.15, 0.2) is 0 Å². The number of benzene rings is 1. The second kappa shape index (κ2) is 5.06. The minimum Gasteiger partial charge on any atom is -0.295 e. The topological polar surface area (TPSA) is 34.9 Å². The van der Waals surface area contributed by atoms with Gasteiger partial charge in [0.05, 0.1) is 11.7 Å². The Balaban J connectivity index is 2.25. The van der Waals surface area contributed by atoms with Gasteiger partial charge in [-0.25, -0.2) is 4.98 Å². The average Bonchev–Trinajstić information content (AvgIpc) is 2.87. The van der Waals surface area contributed by atoms with Crippen molar-refractivity contribution in [3.05, 3.63) is 64.5 Å². The van der Waals surface area contributed by atoms with E-state index in [9.17, 15) is 4.79 Å². The summed E-state index contributed by atoms with van der Waals surface area (Å²) < 4.78 is 1.61. The molecule has 3 rings (SSSR count). The Morgan fingerprint density at radius 3 is 2.80 bits per heavy atom. The first-order valence-electron chi connectivity index (χ1n) is 6.33. The van der Waals surface area contributed by atoms with Crippen LogP contribution in [0, 0.1) is 0 Å². The van der Waals surface area contributed by atoms with Gasteiger partial charge < -0.3 is 0 Å². The van der Waals surface area contributed by atoms with E-state index in [1.165, 1.54) is 11.3 Å². The lowest BCUT2D eigenvalue weighted by Gasteiger charge is -2.05. The van der Waals surface area contributed by atoms with Crippen molar-refractivity contribution < 1.29 is 0 Å². The number of hydrogen-bond donors (Lipinski definition) is 0. The zero-order valence-corrected chi connectivity index (χ0v) is 12.0. The minimum atomic E-state index is -0.00176. The smallest absolute Gasteiger partial charge is 0.263 e. The van der Waals surface area contributed by atoms with Gasteiger partial charge in [0.2, 0.25) is 0 Å². The molecule has 0 saturated heterocycles. The Hall–Kier alpha value is -2.20. The third kappa shape index (κ3) is 2.18. The summed E-state index contributed by atoms with van der Waals surface area (Å²) in [5.41, 5.74) is 2.94. The maximum Gasteiger partial charge on any atom is 0.263 e. The predicted molar refractivity (Wildman–Crippen MR) is 84.1 cm³/mol. The quantitative estimate of drug-likeness (QED) is 0.686. The van der Waals surface area contributed by atoms with Crippen molar-refractivity contribution in [2.24, 2.45) is 0 Å². The Labute approximate surface area is 120 Å². The SMILES string of the molecule is C=C(C)Cn1cnc2scc(-c3ccccc3)c2c1=O. The third-order valence-electron chi connectivity index (χ3n) is 3.09. The number of nitrogens with zero attached hydrogens (tertiary/aromatic N) is 2. The Bertz CT molecular complexity index is 831. The summed E-state index contributed by atoms with van der Waals surface area (Å²) in [6, 6.07) is 9.94. The number of hydrogen-bond acceptors (Lipinski definition) is 3. The number of fused-ring (bicyclic) bond motifs is 1. The van der Waals surface area contributed by atoms with Crippen LogP contribution in [0.25, 0.3) is 21.3 Å². The number of rotatable bonds is 3. The van der Waals surface area contributed by atoms with E-state index >= 15 is 0 Å². The van der Waals surface area contributed by atoms with Gasteiger partial charge in [0, 0.05) is 17.5 Å². The molecule has 0 saturated carbocycles. The first kappa shape index (κ1) is 12.8. The van der Waals surface area contributed by atoms with E-state index in [4.69, 9.17) is 0 Å². The highest BCUT2D eigenvalue weighted by molar-refractivity contribution is 7.17. The summed E-state index contributed by atoms with van der Waals surface area (Å²) in [6.07, 6.45) is 1.60. The molecular formula is C16H14N2OS. The molecule has 0 radical (unpaired) electrons. The van der Waals surface area contributed by atoms with Crippen molar-refractivity contribution in [1.29, 1.82) is 0 Å². The van der Waals surface area contributed by atoms with Crippen LogP contribution in [0.2, 0.25) is 0 Å². The fraction of sp³-hybridized carbons (Fsp3) is 0.125. The van der Waals surface area contributed by atoms with Crippen LogP contribution < -0.4 is 5.56 Å². The minimum absolute atomic E-state index is 0.00176.